The lowest BCUT2D eigenvalue weighted by Crippen LogP contribution is -2.50. The van der Waals surface area contributed by atoms with Crippen molar-refractivity contribution in [3.63, 3.8) is 0 Å². The van der Waals surface area contributed by atoms with Gasteiger partial charge in [-0.3, -0.25) is 4.79 Å². The second-order valence-corrected chi connectivity index (χ2v) is 7.83. The summed E-state index contributed by atoms with van der Waals surface area (Å²) in [5.41, 5.74) is 1.65. The smallest absolute Gasteiger partial charge is 0.311 e. The van der Waals surface area contributed by atoms with Crippen molar-refractivity contribution in [1.82, 2.24) is 0 Å². The van der Waals surface area contributed by atoms with Crippen LogP contribution in [0.4, 0.5) is 0 Å². The normalized spacial score (nSPS) is 28.4. The third-order valence-electron chi connectivity index (χ3n) is 5.74. The Bertz CT molecular complexity index is 814. The van der Waals surface area contributed by atoms with E-state index in [1.807, 2.05) is 55.5 Å². The molecule has 0 unspecified atom stereocenters. The maximum absolute atomic E-state index is 12.8. The molecule has 0 radical (unpaired) electrons. The van der Waals surface area contributed by atoms with Crippen LogP contribution in [0.5, 0.6) is 5.75 Å². The number of ether oxygens (including phenoxy) is 3. The predicted molar refractivity (Wildman–Crippen MR) is 102 cm³/mol. The van der Waals surface area contributed by atoms with Gasteiger partial charge in [-0.25, -0.2) is 0 Å². The number of esters is 1. The SMILES string of the molecule is CCOC(=O)[C@@H]1C[C@@H]2[C@@H](O[C@@H]1c1ccccc1)c1ccccc1OC2(C)C. The lowest BCUT2D eigenvalue weighted by molar-refractivity contribution is -0.192. The highest BCUT2D eigenvalue weighted by atomic mass is 16.5. The number of benzene rings is 2. The molecule has 2 aromatic rings. The Balaban J connectivity index is 1.76. The van der Waals surface area contributed by atoms with Crippen LogP contribution in [-0.2, 0) is 14.3 Å². The molecule has 0 aromatic heterocycles. The summed E-state index contributed by atoms with van der Waals surface area (Å²) in [6.07, 6.45) is 0.235. The molecule has 0 N–H and O–H groups in total. The molecule has 4 nitrogen and oxygen atoms in total. The fraction of sp³-hybridized carbons (Fsp3) is 0.435. The highest BCUT2D eigenvalue weighted by molar-refractivity contribution is 5.73. The van der Waals surface area contributed by atoms with Gasteiger partial charge in [0.15, 0.2) is 0 Å². The van der Waals surface area contributed by atoms with E-state index in [-0.39, 0.29) is 30.0 Å². The molecule has 0 aliphatic carbocycles. The van der Waals surface area contributed by atoms with Crippen molar-refractivity contribution in [2.24, 2.45) is 11.8 Å². The number of fused-ring (bicyclic) bond motifs is 3. The van der Waals surface area contributed by atoms with Crippen molar-refractivity contribution >= 4 is 5.97 Å². The molecule has 142 valence electrons. The van der Waals surface area contributed by atoms with Gasteiger partial charge in [0.2, 0.25) is 0 Å². The van der Waals surface area contributed by atoms with Crippen molar-refractivity contribution in [1.29, 1.82) is 0 Å². The third kappa shape index (κ3) is 3.23. The van der Waals surface area contributed by atoms with Crippen LogP contribution >= 0.6 is 0 Å². The molecule has 1 fully saturated rings. The fourth-order valence-corrected chi connectivity index (χ4v) is 4.40. The third-order valence-corrected chi connectivity index (χ3v) is 5.74. The van der Waals surface area contributed by atoms with Crippen LogP contribution in [0, 0.1) is 11.8 Å². The van der Waals surface area contributed by atoms with Crippen molar-refractivity contribution in [2.75, 3.05) is 6.61 Å². The predicted octanol–water partition coefficient (Wildman–Crippen LogP) is 4.86. The van der Waals surface area contributed by atoms with Gasteiger partial charge in [0.05, 0.1) is 24.7 Å². The second-order valence-electron chi connectivity index (χ2n) is 7.83. The average molecular weight is 366 g/mol. The van der Waals surface area contributed by atoms with E-state index in [4.69, 9.17) is 14.2 Å². The zero-order valence-corrected chi connectivity index (χ0v) is 16.1. The Labute approximate surface area is 160 Å². The van der Waals surface area contributed by atoms with E-state index < -0.39 is 5.60 Å². The van der Waals surface area contributed by atoms with Crippen LogP contribution < -0.4 is 4.74 Å². The van der Waals surface area contributed by atoms with E-state index in [1.165, 1.54) is 0 Å². The minimum Gasteiger partial charge on any atom is -0.487 e. The second kappa shape index (κ2) is 7.01. The van der Waals surface area contributed by atoms with Crippen LogP contribution in [0.15, 0.2) is 54.6 Å². The molecular weight excluding hydrogens is 340 g/mol. The first-order chi connectivity index (χ1) is 13.0. The van der Waals surface area contributed by atoms with Crippen LogP contribution in [-0.4, -0.2) is 18.2 Å². The highest BCUT2D eigenvalue weighted by Crippen LogP contribution is 2.54. The molecular formula is C23H26O4. The van der Waals surface area contributed by atoms with E-state index in [1.54, 1.807) is 0 Å². The molecule has 4 heteroatoms. The molecule has 0 spiro atoms. The van der Waals surface area contributed by atoms with Gasteiger partial charge in [-0.05, 0) is 38.8 Å². The van der Waals surface area contributed by atoms with E-state index in [0.29, 0.717) is 13.0 Å². The summed E-state index contributed by atoms with van der Waals surface area (Å²) in [7, 11) is 0. The monoisotopic (exact) mass is 366 g/mol. The van der Waals surface area contributed by atoms with Crippen molar-refractivity contribution in [2.45, 2.75) is 45.0 Å². The zero-order chi connectivity index (χ0) is 19.0. The Morgan fingerprint density at radius 3 is 2.52 bits per heavy atom. The molecule has 2 aromatic carbocycles. The first-order valence-electron chi connectivity index (χ1n) is 9.66. The average Bonchev–Trinajstić information content (AvgIpc) is 2.67. The quantitative estimate of drug-likeness (QED) is 0.728. The first-order valence-corrected chi connectivity index (χ1v) is 9.66. The summed E-state index contributed by atoms with van der Waals surface area (Å²) >= 11 is 0. The van der Waals surface area contributed by atoms with Gasteiger partial charge in [-0.15, -0.1) is 0 Å². The molecule has 27 heavy (non-hydrogen) atoms. The minimum absolute atomic E-state index is 0.0711. The van der Waals surface area contributed by atoms with Gasteiger partial charge in [0.1, 0.15) is 11.4 Å². The van der Waals surface area contributed by atoms with Crippen LogP contribution in [0.3, 0.4) is 0 Å². The van der Waals surface area contributed by atoms with Crippen molar-refractivity contribution < 1.29 is 19.0 Å². The van der Waals surface area contributed by atoms with E-state index >= 15 is 0 Å². The maximum Gasteiger partial charge on any atom is 0.311 e. The molecule has 4 atom stereocenters. The van der Waals surface area contributed by atoms with Gasteiger partial charge in [-0.2, -0.15) is 0 Å². The largest absolute Gasteiger partial charge is 0.487 e. The molecule has 0 amide bonds. The number of carbonyl (C=O) groups is 1. The summed E-state index contributed by atoms with van der Waals surface area (Å²) in [5.74, 6) is 0.396. The van der Waals surface area contributed by atoms with Crippen molar-refractivity contribution in [3.05, 3.63) is 65.7 Å². The molecule has 4 rings (SSSR count). The number of para-hydroxylation sites is 1. The summed E-state index contributed by atoms with van der Waals surface area (Å²) < 4.78 is 18.3. The van der Waals surface area contributed by atoms with Crippen molar-refractivity contribution in [3.8, 4) is 5.75 Å². The summed E-state index contributed by atoms with van der Waals surface area (Å²) in [6, 6.07) is 18.0. The Hall–Kier alpha value is -2.33. The lowest BCUT2D eigenvalue weighted by Gasteiger charge is -2.50. The van der Waals surface area contributed by atoms with E-state index in [2.05, 4.69) is 19.9 Å². The summed E-state index contributed by atoms with van der Waals surface area (Å²) in [5, 5.41) is 0. The summed E-state index contributed by atoms with van der Waals surface area (Å²) in [4.78, 5) is 12.8. The van der Waals surface area contributed by atoms with Crippen LogP contribution in [0.25, 0.3) is 0 Å². The minimum atomic E-state index is -0.425. The number of rotatable bonds is 3. The Morgan fingerprint density at radius 1 is 1.07 bits per heavy atom. The molecule has 2 aliphatic rings. The maximum atomic E-state index is 12.8. The molecule has 0 saturated carbocycles. The van der Waals surface area contributed by atoms with E-state index in [0.717, 1.165) is 16.9 Å². The first kappa shape index (κ1) is 18.1. The standard InChI is InChI=1S/C23H26O4/c1-4-25-22(24)17-14-18-21(26-20(17)15-10-6-5-7-11-15)16-12-8-9-13-19(16)27-23(18,2)3/h5-13,17-18,20-21H,4,14H2,1-3H3/t17-,18-,20-,21+/m1/s1. The zero-order valence-electron chi connectivity index (χ0n) is 16.1. The van der Waals surface area contributed by atoms with Crippen LogP contribution in [0.2, 0.25) is 0 Å². The summed E-state index contributed by atoms with van der Waals surface area (Å²) in [6.45, 7) is 6.36. The number of carbonyl (C=O) groups excluding carboxylic acids is 1. The molecule has 2 aliphatic heterocycles. The molecule has 1 saturated heterocycles. The Morgan fingerprint density at radius 2 is 1.78 bits per heavy atom. The lowest BCUT2D eigenvalue weighted by atomic mass is 9.71. The molecule has 2 heterocycles. The number of hydrogen-bond donors (Lipinski definition) is 0. The fourth-order valence-electron chi connectivity index (χ4n) is 4.40. The van der Waals surface area contributed by atoms with Gasteiger partial charge in [0.25, 0.3) is 0 Å². The number of hydrogen-bond acceptors (Lipinski definition) is 4. The van der Waals surface area contributed by atoms with Gasteiger partial charge in [0, 0.05) is 11.5 Å². The van der Waals surface area contributed by atoms with Gasteiger partial charge in [-0.1, -0.05) is 48.5 Å². The van der Waals surface area contributed by atoms with Crippen LogP contribution in [0.1, 0.15) is 50.5 Å². The van der Waals surface area contributed by atoms with E-state index in [9.17, 15) is 4.79 Å². The highest BCUT2D eigenvalue weighted by Gasteiger charge is 2.52. The topological polar surface area (TPSA) is 44.8 Å². The van der Waals surface area contributed by atoms with Gasteiger partial charge >= 0.3 is 5.97 Å². The Kier molecular flexibility index (Phi) is 4.68. The molecule has 0 bridgehead atoms. The van der Waals surface area contributed by atoms with Gasteiger partial charge < -0.3 is 14.2 Å².